The first kappa shape index (κ1) is 57.7. The maximum atomic E-state index is 12.9. The Morgan fingerprint density at radius 2 is 0.795 bits per heavy atom. The summed E-state index contributed by atoms with van der Waals surface area (Å²) >= 11 is 0. The number of benzene rings is 5. The van der Waals surface area contributed by atoms with Crippen molar-refractivity contribution < 1.29 is 85.5 Å². The van der Waals surface area contributed by atoms with Crippen LogP contribution in [0.5, 0.6) is 0 Å². The second-order valence-corrected chi connectivity index (χ2v) is 19.1. The highest BCUT2D eigenvalue weighted by atomic mass is 16.8. The van der Waals surface area contributed by atoms with E-state index in [4.69, 9.17) is 66.3 Å². The topological polar surface area (TPSA) is 198 Å². The molecule has 18 heteroatoms. The van der Waals surface area contributed by atoms with Crippen molar-refractivity contribution >= 4 is 23.9 Å². The fourth-order valence-corrected chi connectivity index (χ4v) is 9.47. The minimum atomic E-state index is -1.60. The zero-order valence-corrected chi connectivity index (χ0v) is 44.3. The fraction of sp³-hybridized carbons (Fsp3) is 0.433. The van der Waals surface area contributed by atoms with Crippen molar-refractivity contribution in [2.75, 3.05) is 13.2 Å². The lowest BCUT2D eigenvalue weighted by Crippen LogP contribution is -2.66. The van der Waals surface area contributed by atoms with Gasteiger partial charge < -0.3 is 66.3 Å². The minimum absolute atomic E-state index is 0.0310. The molecule has 0 N–H and O–H groups in total. The standard InChI is InChI=1S/C60H68O18/c1-38-50(66-31-43-21-11-6-12-22-43)53(68-33-45-25-15-8-16-26-45)55(69-34-46-27-17-9-18-28-46)59(72-38)78-56-51(67-32-44-23-13-7-14-24-44)48(37-71-58(56)70-35-47-29-19-10-20-30-47)76-60-57(75-42(5)64)54(74-41(4)63)52(73-40(3)62)49(77-60)36-65-39(2)61/h6-30,38,48-60H,31-37H2,1-5H3/t38-,48-,49-,50-,51+,52+,53-,54+,55-,56-,57-,58-,59-,60-/m0/s1. The van der Waals surface area contributed by atoms with Crippen LogP contribution < -0.4 is 0 Å². The van der Waals surface area contributed by atoms with Gasteiger partial charge in [-0.3, -0.25) is 19.2 Å². The normalized spacial score (nSPS) is 28.0. The Morgan fingerprint density at radius 1 is 0.397 bits per heavy atom. The lowest BCUT2D eigenvalue weighted by molar-refractivity contribution is -0.383. The summed E-state index contributed by atoms with van der Waals surface area (Å²) in [6, 6.07) is 48.3. The molecule has 3 aliphatic heterocycles. The van der Waals surface area contributed by atoms with Crippen LogP contribution in [0.2, 0.25) is 0 Å². The summed E-state index contributed by atoms with van der Waals surface area (Å²) in [6.07, 6.45) is -16.4. The maximum absolute atomic E-state index is 12.9. The lowest BCUT2D eigenvalue weighted by Gasteiger charge is -2.49. The molecule has 0 aliphatic carbocycles. The second kappa shape index (κ2) is 29.0. The average Bonchev–Trinajstić information content (AvgIpc) is 3.49. The smallest absolute Gasteiger partial charge is 0.303 e. The van der Waals surface area contributed by atoms with E-state index in [-0.39, 0.29) is 39.6 Å². The van der Waals surface area contributed by atoms with Crippen LogP contribution in [0.15, 0.2) is 152 Å². The van der Waals surface area contributed by atoms with Crippen molar-refractivity contribution in [1.82, 2.24) is 0 Å². The number of carbonyl (C=O) groups is 4. The van der Waals surface area contributed by atoms with Crippen molar-refractivity contribution in [3.63, 3.8) is 0 Å². The molecule has 14 atom stereocenters. The SMILES string of the molecule is CC(=O)OC[C@@H]1O[C@H](O[C@H]2CO[C@H](OCc3ccccc3)[C@@H](O[C@@H]3O[C@@H](C)[C@H](OCc4ccccc4)[C@H](OCc4ccccc4)[C@@H]3OCc3ccccc3)[C@@H]2OCc2ccccc2)[C@@H](OC(C)=O)[C@H](OC(C)=O)[C@@H]1OC(C)=O. The first-order chi connectivity index (χ1) is 37.9. The Kier molecular flexibility index (Phi) is 21.5. The third kappa shape index (κ3) is 16.6. The molecule has 0 radical (unpaired) electrons. The van der Waals surface area contributed by atoms with E-state index in [1.165, 1.54) is 6.92 Å². The van der Waals surface area contributed by atoms with Gasteiger partial charge in [-0.2, -0.15) is 0 Å². The van der Waals surface area contributed by atoms with Gasteiger partial charge in [-0.1, -0.05) is 152 Å². The number of esters is 4. The van der Waals surface area contributed by atoms with Crippen molar-refractivity contribution in [3.05, 3.63) is 179 Å². The van der Waals surface area contributed by atoms with Gasteiger partial charge in [-0.15, -0.1) is 0 Å². The van der Waals surface area contributed by atoms with E-state index in [1.807, 2.05) is 159 Å². The summed E-state index contributed by atoms with van der Waals surface area (Å²) in [7, 11) is 0. The first-order valence-corrected chi connectivity index (χ1v) is 26.0. The van der Waals surface area contributed by atoms with Crippen LogP contribution in [-0.4, -0.2) is 123 Å². The predicted octanol–water partition coefficient (Wildman–Crippen LogP) is 7.50. The van der Waals surface area contributed by atoms with Gasteiger partial charge in [0.15, 0.2) is 37.2 Å². The third-order valence-corrected chi connectivity index (χ3v) is 13.1. The summed E-state index contributed by atoms with van der Waals surface area (Å²) in [4.78, 5) is 50.6. The summed E-state index contributed by atoms with van der Waals surface area (Å²) in [6.45, 7) is 6.53. The van der Waals surface area contributed by atoms with Crippen molar-refractivity contribution in [1.29, 1.82) is 0 Å². The molecule has 78 heavy (non-hydrogen) atoms. The molecule has 3 aliphatic rings. The number of carbonyl (C=O) groups excluding carboxylic acids is 4. The first-order valence-electron chi connectivity index (χ1n) is 26.0. The molecule has 416 valence electrons. The van der Waals surface area contributed by atoms with E-state index < -0.39 is 116 Å². The molecular weight excluding hydrogens is 1010 g/mol. The summed E-state index contributed by atoms with van der Waals surface area (Å²) in [5.74, 6) is -3.06. The molecule has 3 saturated heterocycles. The van der Waals surface area contributed by atoms with Crippen LogP contribution in [0, 0.1) is 0 Å². The van der Waals surface area contributed by atoms with Gasteiger partial charge in [-0.25, -0.2) is 0 Å². The molecule has 18 nitrogen and oxygen atoms in total. The van der Waals surface area contributed by atoms with Crippen molar-refractivity contribution in [2.45, 2.75) is 154 Å². The Labute approximate surface area is 454 Å². The van der Waals surface area contributed by atoms with Crippen LogP contribution in [0.1, 0.15) is 62.4 Å². The molecule has 3 heterocycles. The van der Waals surface area contributed by atoms with Gasteiger partial charge in [-0.05, 0) is 34.7 Å². The van der Waals surface area contributed by atoms with Gasteiger partial charge in [0.1, 0.15) is 49.3 Å². The lowest BCUT2D eigenvalue weighted by atomic mass is 9.97. The molecule has 0 saturated carbocycles. The van der Waals surface area contributed by atoms with Gasteiger partial charge in [0.25, 0.3) is 0 Å². The largest absolute Gasteiger partial charge is 0.463 e. The molecule has 5 aromatic rings. The number of ether oxygens (including phenoxy) is 14. The highest BCUT2D eigenvalue weighted by Crippen LogP contribution is 2.37. The average molecular weight is 1080 g/mol. The summed E-state index contributed by atoms with van der Waals surface area (Å²) in [5.41, 5.74) is 4.40. The Morgan fingerprint density at radius 3 is 1.26 bits per heavy atom. The molecule has 5 aromatic carbocycles. The summed E-state index contributed by atoms with van der Waals surface area (Å²) in [5, 5.41) is 0. The number of hydrogen-bond donors (Lipinski definition) is 0. The highest BCUT2D eigenvalue weighted by Gasteiger charge is 2.56. The van der Waals surface area contributed by atoms with Crippen molar-refractivity contribution in [2.24, 2.45) is 0 Å². The second-order valence-electron chi connectivity index (χ2n) is 19.1. The van der Waals surface area contributed by atoms with E-state index in [0.717, 1.165) is 48.6 Å². The van der Waals surface area contributed by atoms with Crippen LogP contribution in [-0.2, 0) is 119 Å². The minimum Gasteiger partial charge on any atom is -0.463 e. The molecule has 0 aromatic heterocycles. The van der Waals surface area contributed by atoms with E-state index in [2.05, 4.69) is 0 Å². The predicted molar refractivity (Wildman–Crippen MR) is 277 cm³/mol. The molecule has 0 amide bonds. The van der Waals surface area contributed by atoms with Crippen LogP contribution >= 0.6 is 0 Å². The zero-order valence-electron chi connectivity index (χ0n) is 44.3. The molecule has 0 spiro atoms. The Bertz CT molecular complexity index is 2610. The van der Waals surface area contributed by atoms with Gasteiger partial charge in [0, 0.05) is 27.7 Å². The van der Waals surface area contributed by atoms with Crippen LogP contribution in [0.25, 0.3) is 0 Å². The molecular formula is C60H68O18. The third-order valence-electron chi connectivity index (χ3n) is 13.1. The molecule has 3 fully saturated rings. The van der Waals surface area contributed by atoms with E-state index in [1.54, 1.807) is 0 Å². The molecule has 8 rings (SSSR count). The monoisotopic (exact) mass is 1080 g/mol. The highest BCUT2D eigenvalue weighted by molar-refractivity contribution is 5.68. The Balaban J connectivity index is 1.19. The van der Waals surface area contributed by atoms with E-state index >= 15 is 0 Å². The van der Waals surface area contributed by atoms with Crippen molar-refractivity contribution in [3.8, 4) is 0 Å². The van der Waals surface area contributed by atoms with E-state index in [0.29, 0.717) is 0 Å². The molecule has 0 bridgehead atoms. The van der Waals surface area contributed by atoms with Gasteiger partial charge in [0.05, 0.1) is 45.7 Å². The summed E-state index contributed by atoms with van der Waals surface area (Å²) < 4.78 is 90.9. The van der Waals surface area contributed by atoms with Crippen LogP contribution in [0.3, 0.4) is 0 Å². The fourth-order valence-electron chi connectivity index (χ4n) is 9.47. The zero-order chi connectivity index (χ0) is 54.8. The van der Waals surface area contributed by atoms with E-state index in [9.17, 15) is 19.2 Å². The van der Waals surface area contributed by atoms with Gasteiger partial charge in [0.2, 0.25) is 0 Å². The maximum Gasteiger partial charge on any atom is 0.303 e. The number of hydrogen-bond acceptors (Lipinski definition) is 18. The Hall–Kier alpha value is -6.42. The van der Waals surface area contributed by atoms with Crippen LogP contribution in [0.4, 0.5) is 0 Å². The number of rotatable bonds is 24. The van der Waals surface area contributed by atoms with Gasteiger partial charge >= 0.3 is 23.9 Å². The quantitative estimate of drug-likeness (QED) is 0.0434. The molecule has 0 unspecified atom stereocenters.